The number of thiophene rings is 1. The first-order valence-electron chi connectivity index (χ1n) is 21.8. The van der Waals surface area contributed by atoms with Gasteiger partial charge in [0, 0.05) is 42.4 Å². The first kappa shape index (κ1) is 37.3. The third-order valence-electron chi connectivity index (χ3n) is 13.3. The predicted octanol–water partition coefficient (Wildman–Crippen LogP) is 17.7. The van der Waals surface area contributed by atoms with Crippen molar-refractivity contribution >= 4 is 59.3 Å². The number of fused-ring (bicyclic) bond motifs is 8. The number of benzene rings is 10. The van der Waals surface area contributed by atoms with E-state index in [-0.39, 0.29) is 5.41 Å². The van der Waals surface area contributed by atoms with Crippen LogP contribution in [0.25, 0.3) is 86.6 Å². The van der Waals surface area contributed by atoms with Gasteiger partial charge >= 0.3 is 0 Å². The van der Waals surface area contributed by atoms with Gasteiger partial charge in [-0.2, -0.15) is 0 Å². The van der Waals surface area contributed by atoms with Gasteiger partial charge in [0.25, 0.3) is 0 Å². The van der Waals surface area contributed by atoms with E-state index >= 15 is 0 Å². The maximum atomic E-state index is 2.49. The van der Waals surface area contributed by atoms with Crippen LogP contribution in [0.5, 0.6) is 0 Å². The minimum absolute atomic E-state index is 0.172. The van der Waals surface area contributed by atoms with Gasteiger partial charge in [0.1, 0.15) is 0 Å². The Morgan fingerprint density at radius 1 is 0.365 bits per heavy atom. The van der Waals surface area contributed by atoms with E-state index in [2.05, 4.69) is 243 Å². The van der Waals surface area contributed by atoms with Crippen molar-refractivity contribution in [2.24, 2.45) is 0 Å². The van der Waals surface area contributed by atoms with E-state index in [1.165, 1.54) is 97.7 Å². The van der Waals surface area contributed by atoms with E-state index in [0.717, 1.165) is 17.1 Å². The van der Waals surface area contributed by atoms with E-state index < -0.39 is 0 Å². The highest BCUT2D eigenvalue weighted by Crippen LogP contribution is 2.56. The number of nitrogens with zero attached hydrogens (tertiary/aromatic N) is 1. The molecule has 0 radical (unpaired) electrons. The minimum Gasteiger partial charge on any atom is -0.309 e. The van der Waals surface area contributed by atoms with Gasteiger partial charge in [-0.25, -0.2) is 0 Å². The molecule has 1 nitrogen and oxygen atoms in total. The molecule has 10 aromatic carbocycles. The lowest BCUT2D eigenvalue weighted by molar-refractivity contribution is 0.666. The first-order valence-corrected chi connectivity index (χ1v) is 22.7. The van der Waals surface area contributed by atoms with Gasteiger partial charge < -0.3 is 4.90 Å². The van der Waals surface area contributed by atoms with Gasteiger partial charge in [-0.3, -0.25) is 0 Å². The second-order valence-electron chi connectivity index (χ2n) is 17.2. The summed E-state index contributed by atoms with van der Waals surface area (Å²) in [5.74, 6) is 0. The summed E-state index contributed by atoms with van der Waals surface area (Å²) in [6.07, 6.45) is 0. The number of hydrogen-bond acceptors (Lipinski definition) is 2. The summed E-state index contributed by atoms with van der Waals surface area (Å²) in [5.41, 5.74) is 18.2. The Morgan fingerprint density at radius 3 is 1.75 bits per heavy atom. The van der Waals surface area contributed by atoms with Crippen LogP contribution in [0, 0.1) is 0 Å². The summed E-state index contributed by atoms with van der Waals surface area (Å²) >= 11 is 1.88. The maximum absolute atomic E-state index is 2.49. The standard InChI is InChI=1S/C61H43NS/c1-61(2)53-30-16-27-50(58(53)52-39-36-41-20-9-10-24-46(41)59(52)61)49-28-17-32-55(57(49)43-21-7-4-8-22-43)62(54-31-13-11-23-45(54)40-18-5-3-6-19-40)44-37-34-42(35-38-44)47-26-15-29-51-48-25-12-14-33-56(48)63-60(47)51/h3-39H,1-2H3. The lowest BCUT2D eigenvalue weighted by Gasteiger charge is -2.31. The summed E-state index contributed by atoms with van der Waals surface area (Å²) in [7, 11) is 0. The first-order chi connectivity index (χ1) is 31.0. The summed E-state index contributed by atoms with van der Waals surface area (Å²) < 4.78 is 2.64. The van der Waals surface area contributed by atoms with Gasteiger partial charge in [0.05, 0.1) is 11.4 Å². The summed E-state index contributed by atoms with van der Waals surface area (Å²) in [4.78, 5) is 2.49. The zero-order chi connectivity index (χ0) is 42.1. The molecular weight excluding hydrogens is 779 g/mol. The molecule has 1 heterocycles. The normalized spacial score (nSPS) is 12.7. The molecule has 0 saturated heterocycles. The molecule has 1 aliphatic carbocycles. The van der Waals surface area contributed by atoms with E-state index in [4.69, 9.17) is 0 Å². The highest BCUT2D eigenvalue weighted by Gasteiger charge is 2.38. The molecule has 12 rings (SSSR count). The molecule has 0 bridgehead atoms. The van der Waals surface area contributed by atoms with Gasteiger partial charge in [-0.05, 0) is 96.7 Å². The Morgan fingerprint density at radius 2 is 0.937 bits per heavy atom. The molecule has 0 saturated carbocycles. The lowest BCUT2D eigenvalue weighted by atomic mass is 9.80. The zero-order valence-electron chi connectivity index (χ0n) is 35.2. The fourth-order valence-electron chi connectivity index (χ4n) is 10.4. The molecule has 0 unspecified atom stereocenters. The monoisotopic (exact) mass is 821 g/mol. The minimum atomic E-state index is -0.172. The number of hydrogen-bond donors (Lipinski definition) is 0. The second-order valence-corrected chi connectivity index (χ2v) is 18.2. The van der Waals surface area contributed by atoms with Gasteiger partial charge in [-0.1, -0.05) is 208 Å². The van der Waals surface area contributed by atoms with Crippen molar-refractivity contribution in [1.29, 1.82) is 0 Å². The highest BCUT2D eigenvalue weighted by molar-refractivity contribution is 7.26. The molecular formula is C61H43NS. The fourth-order valence-corrected chi connectivity index (χ4v) is 11.7. The van der Waals surface area contributed by atoms with Crippen LogP contribution in [-0.4, -0.2) is 0 Å². The number of rotatable bonds is 7. The molecule has 11 aromatic rings. The topological polar surface area (TPSA) is 3.24 Å². The predicted molar refractivity (Wildman–Crippen MR) is 271 cm³/mol. The molecule has 1 aliphatic rings. The van der Waals surface area contributed by atoms with Crippen LogP contribution in [0.1, 0.15) is 25.0 Å². The average molecular weight is 822 g/mol. The largest absolute Gasteiger partial charge is 0.309 e. The van der Waals surface area contributed by atoms with Gasteiger partial charge in [0.2, 0.25) is 0 Å². The van der Waals surface area contributed by atoms with Gasteiger partial charge in [0.15, 0.2) is 0 Å². The zero-order valence-corrected chi connectivity index (χ0v) is 36.0. The Bertz CT molecular complexity index is 3520. The van der Waals surface area contributed by atoms with Crippen LogP contribution in [0.2, 0.25) is 0 Å². The third kappa shape index (κ3) is 5.97. The molecule has 1 aromatic heterocycles. The Hall–Kier alpha value is -7.52. The summed E-state index contributed by atoms with van der Waals surface area (Å²) in [6.45, 7) is 4.80. The Labute approximate surface area is 372 Å². The maximum Gasteiger partial charge on any atom is 0.0546 e. The van der Waals surface area contributed by atoms with E-state index in [1.807, 2.05) is 11.3 Å². The van der Waals surface area contributed by atoms with Crippen molar-refractivity contribution < 1.29 is 0 Å². The van der Waals surface area contributed by atoms with E-state index in [9.17, 15) is 0 Å². The molecule has 0 spiro atoms. The molecule has 0 aliphatic heterocycles. The van der Waals surface area contributed by atoms with Crippen LogP contribution in [0.15, 0.2) is 224 Å². The quantitative estimate of drug-likeness (QED) is 0.155. The molecule has 63 heavy (non-hydrogen) atoms. The molecule has 0 amide bonds. The van der Waals surface area contributed by atoms with Crippen molar-refractivity contribution in [3.8, 4) is 55.6 Å². The molecule has 0 N–H and O–H groups in total. The fraction of sp³-hybridized carbons (Fsp3) is 0.0492. The Kier molecular flexibility index (Phi) is 8.77. The van der Waals surface area contributed by atoms with Crippen LogP contribution in [-0.2, 0) is 5.41 Å². The molecule has 298 valence electrons. The van der Waals surface area contributed by atoms with E-state index in [0.29, 0.717) is 0 Å². The summed E-state index contributed by atoms with van der Waals surface area (Å²) in [6, 6.07) is 82.8. The number of para-hydroxylation sites is 1. The summed E-state index contributed by atoms with van der Waals surface area (Å²) in [5, 5.41) is 5.24. The van der Waals surface area contributed by atoms with Gasteiger partial charge in [-0.15, -0.1) is 11.3 Å². The van der Waals surface area contributed by atoms with Crippen LogP contribution < -0.4 is 4.90 Å². The van der Waals surface area contributed by atoms with Crippen molar-refractivity contribution in [2.75, 3.05) is 4.90 Å². The van der Waals surface area contributed by atoms with Crippen molar-refractivity contribution in [1.82, 2.24) is 0 Å². The highest BCUT2D eigenvalue weighted by atomic mass is 32.1. The Balaban J connectivity index is 1.11. The van der Waals surface area contributed by atoms with E-state index in [1.54, 1.807) is 0 Å². The lowest BCUT2D eigenvalue weighted by Crippen LogP contribution is -2.15. The molecule has 2 heteroatoms. The van der Waals surface area contributed by atoms with Crippen LogP contribution in [0.3, 0.4) is 0 Å². The second kappa shape index (κ2) is 14.8. The molecule has 0 atom stereocenters. The van der Waals surface area contributed by atoms with Crippen LogP contribution >= 0.6 is 11.3 Å². The molecule has 0 fully saturated rings. The van der Waals surface area contributed by atoms with Crippen LogP contribution in [0.4, 0.5) is 17.1 Å². The SMILES string of the molecule is CC1(C)c2cccc(-c3cccc(N(c4ccc(-c5cccc6c5sc5ccccc56)cc4)c4ccccc4-c4ccccc4)c3-c3ccccc3)c2-c2ccc3ccccc3c21. The smallest absolute Gasteiger partial charge is 0.0546 e. The average Bonchev–Trinajstić information content (AvgIpc) is 3.84. The van der Waals surface area contributed by atoms with Crippen molar-refractivity contribution in [3.05, 3.63) is 236 Å². The number of anilines is 3. The van der Waals surface area contributed by atoms with Crippen molar-refractivity contribution in [2.45, 2.75) is 19.3 Å². The van der Waals surface area contributed by atoms with Crippen molar-refractivity contribution in [3.63, 3.8) is 0 Å². The third-order valence-corrected chi connectivity index (χ3v) is 14.5.